The van der Waals surface area contributed by atoms with Crippen molar-refractivity contribution < 1.29 is 27.8 Å². The molecular formula is C32H37ClF2N4O4. The van der Waals surface area contributed by atoms with Gasteiger partial charge in [-0.2, -0.15) is 0 Å². The summed E-state index contributed by atoms with van der Waals surface area (Å²) in [7, 11) is 0. The maximum atomic E-state index is 16.1. The standard InChI is InChI=1S/C32H37ClF2N4O4/c1-5-25(40)38-14-16-39(17-15-38)31-21-19-22(33)27(29(35)30(21)36-20-37-31)28-23(34)11-10-12-24(28)42-18-9-7-6-8-13-26(41)43-32(2,3)4/h5,10-12,19-20H,1,6-9,13-18H2,2-4H3. The quantitative estimate of drug-likeness (QED) is 0.134. The molecule has 0 spiro atoms. The number of fused-ring (bicyclic) bond motifs is 1. The Kier molecular flexibility index (Phi) is 10.6. The van der Waals surface area contributed by atoms with Crippen LogP contribution in [-0.4, -0.2) is 65.1 Å². The maximum Gasteiger partial charge on any atom is 0.306 e. The highest BCUT2D eigenvalue weighted by atomic mass is 35.5. The number of carbonyl (C=O) groups is 2. The molecule has 230 valence electrons. The number of halogens is 3. The first-order valence-electron chi connectivity index (χ1n) is 14.4. The van der Waals surface area contributed by atoms with Crippen LogP contribution in [-0.2, 0) is 14.3 Å². The van der Waals surface area contributed by atoms with E-state index in [-0.39, 0.29) is 45.9 Å². The fourth-order valence-corrected chi connectivity index (χ4v) is 5.32. The number of hydrogen-bond acceptors (Lipinski definition) is 7. The molecule has 1 aromatic heterocycles. The lowest BCUT2D eigenvalue weighted by Crippen LogP contribution is -2.48. The van der Waals surface area contributed by atoms with Crippen LogP contribution in [0.2, 0.25) is 5.02 Å². The maximum absolute atomic E-state index is 16.1. The molecule has 2 heterocycles. The third kappa shape index (κ3) is 7.98. The van der Waals surface area contributed by atoms with Crippen LogP contribution >= 0.6 is 11.6 Å². The molecular weight excluding hydrogens is 578 g/mol. The molecule has 1 saturated heterocycles. The number of rotatable bonds is 11. The molecule has 0 unspecified atom stereocenters. The van der Waals surface area contributed by atoms with Crippen LogP contribution in [0.3, 0.4) is 0 Å². The smallest absolute Gasteiger partial charge is 0.306 e. The molecule has 1 aliphatic heterocycles. The largest absolute Gasteiger partial charge is 0.493 e. The Morgan fingerprint density at radius 3 is 2.47 bits per heavy atom. The van der Waals surface area contributed by atoms with Crippen molar-refractivity contribution in [1.29, 1.82) is 0 Å². The summed E-state index contributed by atoms with van der Waals surface area (Å²) >= 11 is 6.63. The minimum atomic E-state index is -0.774. The summed E-state index contributed by atoms with van der Waals surface area (Å²) in [6.45, 7) is 11.2. The topological polar surface area (TPSA) is 84.9 Å². The van der Waals surface area contributed by atoms with Crippen molar-refractivity contribution in [3.05, 3.63) is 59.9 Å². The first kappa shape index (κ1) is 32.1. The van der Waals surface area contributed by atoms with Crippen molar-refractivity contribution in [3.63, 3.8) is 0 Å². The second-order valence-electron chi connectivity index (χ2n) is 11.4. The predicted molar refractivity (Wildman–Crippen MR) is 163 cm³/mol. The molecule has 43 heavy (non-hydrogen) atoms. The third-order valence-corrected chi connectivity index (χ3v) is 7.34. The van der Waals surface area contributed by atoms with Crippen molar-refractivity contribution in [2.75, 3.05) is 37.7 Å². The van der Waals surface area contributed by atoms with E-state index in [0.717, 1.165) is 12.8 Å². The molecule has 1 amide bonds. The highest BCUT2D eigenvalue weighted by Crippen LogP contribution is 2.42. The van der Waals surface area contributed by atoms with Crippen molar-refractivity contribution in [3.8, 4) is 16.9 Å². The fourth-order valence-electron chi connectivity index (χ4n) is 5.03. The zero-order chi connectivity index (χ0) is 31.1. The normalized spacial score (nSPS) is 13.7. The Morgan fingerprint density at radius 1 is 1.05 bits per heavy atom. The van der Waals surface area contributed by atoms with Crippen molar-refractivity contribution in [2.45, 2.75) is 58.5 Å². The van der Waals surface area contributed by atoms with E-state index in [1.54, 1.807) is 17.0 Å². The predicted octanol–water partition coefficient (Wildman–Crippen LogP) is 6.73. The highest BCUT2D eigenvalue weighted by molar-refractivity contribution is 6.34. The monoisotopic (exact) mass is 614 g/mol. The molecule has 0 saturated carbocycles. The third-order valence-electron chi connectivity index (χ3n) is 7.04. The number of benzene rings is 2. The molecule has 11 heteroatoms. The Balaban J connectivity index is 1.47. The summed E-state index contributed by atoms with van der Waals surface area (Å²) in [6, 6.07) is 5.86. The molecule has 3 aromatic rings. The van der Waals surface area contributed by atoms with Gasteiger partial charge in [0.25, 0.3) is 0 Å². The number of aromatic nitrogens is 2. The number of hydrogen-bond donors (Lipinski definition) is 0. The molecule has 4 rings (SSSR count). The van der Waals surface area contributed by atoms with E-state index in [9.17, 15) is 9.59 Å². The summed E-state index contributed by atoms with van der Waals surface area (Å²) in [4.78, 5) is 36.0. The highest BCUT2D eigenvalue weighted by Gasteiger charge is 2.26. The summed E-state index contributed by atoms with van der Waals surface area (Å²) in [6.07, 6.45) is 5.87. The van der Waals surface area contributed by atoms with E-state index in [4.69, 9.17) is 21.1 Å². The van der Waals surface area contributed by atoms with Crippen molar-refractivity contribution in [2.24, 2.45) is 0 Å². The van der Waals surface area contributed by atoms with E-state index in [1.807, 2.05) is 25.7 Å². The second-order valence-corrected chi connectivity index (χ2v) is 11.8. The average molecular weight is 615 g/mol. The van der Waals surface area contributed by atoms with Gasteiger partial charge in [-0.1, -0.05) is 37.1 Å². The molecule has 1 fully saturated rings. The number of nitrogens with zero attached hydrogens (tertiary/aromatic N) is 4. The number of amides is 1. The summed E-state index contributed by atoms with van der Waals surface area (Å²) in [5.41, 5.74) is -0.701. The number of ether oxygens (including phenoxy) is 2. The van der Waals surface area contributed by atoms with Gasteiger partial charge in [-0.15, -0.1) is 0 Å². The first-order valence-corrected chi connectivity index (χ1v) is 14.8. The van der Waals surface area contributed by atoms with E-state index in [1.165, 1.54) is 24.5 Å². The number of esters is 1. The van der Waals surface area contributed by atoms with Crippen molar-refractivity contribution >= 4 is 40.2 Å². The lowest BCUT2D eigenvalue weighted by molar-refractivity contribution is -0.154. The lowest BCUT2D eigenvalue weighted by Gasteiger charge is -2.35. The molecule has 0 N–H and O–H groups in total. The van der Waals surface area contributed by atoms with Gasteiger partial charge in [0.1, 0.15) is 34.8 Å². The number of unbranched alkanes of at least 4 members (excludes halogenated alkanes) is 3. The van der Waals surface area contributed by atoms with Gasteiger partial charge in [-0.05, 0) is 57.9 Å². The van der Waals surface area contributed by atoms with E-state index in [0.29, 0.717) is 56.6 Å². The number of piperazine rings is 1. The minimum Gasteiger partial charge on any atom is -0.493 e. The minimum absolute atomic E-state index is 0.00128. The van der Waals surface area contributed by atoms with Gasteiger partial charge in [0.05, 0.1) is 17.2 Å². The number of carbonyl (C=O) groups excluding carboxylic acids is 2. The van der Waals surface area contributed by atoms with Crippen LogP contribution in [0.1, 0.15) is 52.9 Å². The van der Waals surface area contributed by atoms with Crippen LogP contribution in [0, 0.1) is 11.6 Å². The average Bonchev–Trinajstić information content (AvgIpc) is 2.96. The molecule has 0 bridgehead atoms. The Hall–Kier alpha value is -3.79. The lowest BCUT2D eigenvalue weighted by atomic mass is 10.0. The first-order chi connectivity index (χ1) is 20.5. The molecule has 0 aliphatic carbocycles. The van der Waals surface area contributed by atoms with Crippen LogP contribution in [0.15, 0.2) is 43.2 Å². The van der Waals surface area contributed by atoms with Gasteiger partial charge < -0.3 is 19.3 Å². The molecule has 1 aliphatic rings. The Bertz CT molecular complexity index is 1490. The van der Waals surface area contributed by atoms with Crippen molar-refractivity contribution in [1.82, 2.24) is 14.9 Å². The Morgan fingerprint density at radius 2 is 1.77 bits per heavy atom. The number of anilines is 1. The van der Waals surface area contributed by atoms with Gasteiger partial charge in [-0.3, -0.25) is 9.59 Å². The van der Waals surface area contributed by atoms with Gasteiger partial charge in [0.15, 0.2) is 5.82 Å². The van der Waals surface area contributed by atoms with Gasteiger partial charge in [-0.25, -0.2) is 18.7 Å². The van der Waals surface area contributed by atoms with Crippen LogP contribution in [0.25, 0.3) is 22.0 Å². The summed E-state index contributed by atoms with van der Waals surface area (Å²) in [5, 5.41) is 0.390. The van der Waals surface area contributed by atoms with Crippen LogP contribution < -0.4 is 9.64 Å². The fraction of sp³-hybridized carbons (Fsp3) is 0.438. The second kappa shape index (κ2) is 14.1. The molecule has 0 atom stereocenters. The zero-order valence-electron chi connectivity index (χ0n) is 24.8. The summed E-state index contributed by atoms with van der Waals surface area (Å²) < 4.78 is 42.6. The Labute approximate surface area is 255 Å². The molecule has 0 radical (unpaired) electrons. The van der Waals surface area contributed by atoms with Gasteiger partial charge in [0.2, 0.25) is 5.91 Å². The van der Waals surface area contributed by atoms with Crippen LogP contribution in [0.5, 0.6) is 5.75 Å². The van der Waals surface area contributed by atoms with E-state index >= 15 is 8.78 Å². The van der Waals surface area contributed by atoms with E-state index in [2.05, 4.69) is 16.5 Å². The summed E-state index contributed by atoms with van der Waals surface area (Å²) in [5.74, 6) is -1.16. The molecule has 8 nitrogen and oxygen atoms in total. The van der Waals surface area contributed by atoms with E-state index < -0.39 is 17.2 Å². The van der Waals surface area contributed by atoms with Gasteiger partial charge in [0, 0.05) is 43.5 Å². The van der Waals surface area contributed by atoms with Gasteiger partial charge >= 0.3 is 5.97 Å². The molecule has 2 aromatic carbocycles. The SMILES string of the molecule is C=CC(=O)N1CCN(c2ncnc3c(F)c(-c4c(F)cccc4OCCCCCCC(=O)OC(C)(C)C)c(Cl)cc23)CC1. The van der Waals surface area contributed by atoms with Crippen LogP contribution in [0.4, 0.5) is 14.6 Å². The zero-order valence-corrected chi connectivity index (χ0v) is 25.6.